The molecule has 0 aromatic rings. The van der Waals surface area contributed by atoms with E-state index >= 15 is 0 Å². The summed E-state index contributed by atoms with van der Waals surface area (Å²) >= 11 is 0. The number of likely N-dealkylation sites (tertiary alicyclic amines) is 2. The predicted octanol–water partition coefficient (Wildman–Crippen LogP) is 0.0451. The lowest BCUT2D eigenvalue weighted by atomic mass is 9.92. The van der Waals surface area contributed by atoms with Gasteiger partial charge in [-0.15, -0.1) is 0 Å². The molecule has 2 nitrogen and oxygen atoms in total. The summed E-state index contributed by atoms with van der Waals surface area (Å²) in [5, 5.41) is 0. The molecule has 2 N–H and O–H groups in total. The molecule has 2 saturated heterocycles. The van der Waals surface area contributed by atoms with Crippen LogP contribution in [0.4, 0.5) is 0 Å². The minimum Gasteiger partial charge on any atom is -0.332 e. The zero-order valence-corrected chi connectivity index (χ0v) is 11.3. The topological polar surface area (TPSA) is 8.88 Å². The van der Waals surface area contributed by atoms with Crippen molar-refractivity contribution in [2.45, 2.75) is 69.9 Å². The average molecular weight is 238 g/mol. The lowest BCUT2D eigenvalue weighted by molar-refractivity contribution is -0.964. The highest BCUT2D eigenvalue weighted by atomic mass is 15.2. The second kappa shape index (κ2) is 5.71. The Bertz CT molecular complexity index is 221. The van der Waals surface area contributed by atoms with E-state index in [0.717, 1.165) is 12.1 Å². The van der Waals surface area contributed by atoms with Crippen LogP contribution in [0.3, 0.4) is 0 Å². The molecule has 1 aliphatic carbocycles. The highest BCUT2D eigenvalue weighted by molar-refractivity contribution is 4.68. The largest absolute Gasteiger partial charge is 0.332 e. The SMILES string of the molecule is C1CCC([NH+]2CCC([NH+]3CCCC3)CC2)CC1. The van der Waals surface area contributed by atoms with Crippen LogP contribution >= 0.6 is 0 Å². The smallest absolute Gasteiger partial charge is 0.0983 e. The van der Waals surface area contributed by atoms with Gasteiger partial charge in [0.25, 0.3) is 0 Å². The molecule has 1 saturated carbocycles. The molecule has 0 amide bonds. The van der Waals surface area contributed by atoms with Gasteiger partial charge in [0.05, 0.1) is 38.3 Å². The number of nitrogens with one attached hydrogen (secondary N) is 2. The van der Waals surface area contributed by atoms with Crippen molar-refractivity contribution in [3.05, 3.63) is 0 Å². The summed E-state index contributed by atoms with van der Waals surface area (Å²) in [5.74, 6) is 0. The van der Waals surface area contributed by atoms with Crippen molar-refractivity contribution in [1.29, 1.82) is 0 Å². The van der Waals surface area contributed by atoms with Crippen molar-refractivity contribution in [3.63, 3.8) is 0 Å². The van der Waals surface area contributed by atoms with Crippen LogP contribution < -0.4 is 9.80 Å². The first-order valence-corrected chi connectivity index (χ1v) is 8.12. The van der Waals surface area contributed by atoms with E-state index in [-0.39, 0.29) is 0 Å². The molecule has 3 aliphatic rings. The zero-order chi connectivity index (χ0) is 11.5. The van der Waals surface area contributed by atoms with Gasteiger partial charge < -0.3 is 9.80 Å². The summed E-state index contributed by atoms with van der Waals surface area (Å²) in [6.07, 6.45) is 13.6. The Labute approximate surface area is 106 Å². The third kappa shape index (κ3) is 2.85. The van der Waals surface area contributed by atoms with Gasteiger partial charge in [0.2, 0.25) is 0 Å². The summed E-state index contributed by atoms with van der Waals surface area (Å²) in [6.45, 7) is 5.92. The molecular formula is C15H30N2+2. The number of hydrogen-bond acceptors (Lipinski definition) is 0. The highest BCUT2D eigenvalue weighted by Crippen LogP contribution is 2.16. The lowest BCUT2D eigenvalue weighted by Gasteiger charge is -2.37. The monoisotopic (exact) mass is 238 g/mol. The average Bonchev–Trinajstić information content (AvgIpc) is 2.94. The molecule has 0 unspecified atom stereocenters. The summed E-state index contributed by atoms with van der Waals surface area (Å²) in [4.78, 5) is 3.92. The Hall–Kier alpha value is -0.0800. The summed E-state index contributed by atoms with van der Waals surface area (Å²) in [6, 6.07) is 2.07. The van der Waals surface area contributed by atoms with E-state index in [2.05, 4.69) is 0 Å². The Kier molecular flexibility index (Phi) is 4.02. The summed E-state index contributed by atoms with van der Waals surface area (Å²) in [5.41, 5.74) is 0. The van der Waals surface area contributed by atoms with Crippen LogP contribution in [0.25, 0.3) is 0 Å². The molecule has 17 heavy (non-hydrogen) atoms. The second-order valence-electron chi connectivity index (χ2n) is 6.63. The molecular weight excluding hydrogens is 208 g/mol. The van der Waals surface area contributed by atoms with E-state index in [9.17, 15) is 0 Å². The molecule has 0 atom stereocenters. The number of piperidine rings is 1. The Morgan fingerprint density at radius 3 is 1.65 bits per heavy atom. The molecule has 0 spiro atoms. The molecule has 0 radical (unpaired) electrons. The predicted molar refractivity (Wildman–Crippen MR) is 70.5 cm³/mol. The van der Waals surface area contributed by atoms with Gasteiger partial charge in [0.1, 0.15) is 0 Å². The van der Waals surface area contributed by atoms with E-state index in [4.69, 9.17) is 0 Å². The van der Waals surface area contributed by atoms with Crippen molar-refractivity contribution in [2.24, 2.45) is 0 Å². The fraction of sp³-hybridized carbons (Fsp3) is 1.00. The van der Waals surface area contributed by atoms with Crippen molar-refractivity contribution >= 4 is 0 Å². The van der Waals surface area contributed by atoms with Gasteiger partial charge in [-0.2, -0.15) is 0 Å². The van der Waals surface area contributed by atoms with Gasteiger partial charge >= 0.3 is 0 Å². The Balaban J connectivity index is 1.46. The van der Waals surface area contributed by atoms with Crippen LogP contribution in [0.5, 0.6) is 0 Å². The summed E-state index contributed by atoms with van der Waals surface area (Å²) in [7, 11) is 0. The molecule has 3 fully saturated rings. The van der Waals surface area contributed by atoms with Crippen LogP contribution in [0, 0.1) is 0 Å². The maximum atomic E-state index is 1.97. The van der Waals surface area contributed by atoms with Gasteiger partial charge in [-0.3, -0.25) is 0 Å². The number of hydrogen-bond donors (Lipinski definition) is 2. The maximum Gasteiger partial charge on any atom is 0.0983 e. The summed E-state index contributed by atoms with van der Waals surface area (Å²) < 4.78 is 0. The maximum absolute atomic E-state index is 1.97. The van der Waals surface area contributed by atoms with Crippen molar-refractivity contribution < 1.29 is 9.80 Å². The Morgan fingerprint density at radius 2 is 1.00 bits per heavy atom. The number of quaternary nitrogens is 2. The lowest BCUT2D eigenvalue weighted by Crippen LogP contribution is -3.21. The number of rotatable bonds is 2. The van der Waals surface area contributed by atoms with Gasteiger partial charge in [-0.05, 0) is 25.7 Å². The van der Waals surface area contributed by atoms with Crippen molar-refractivity contribution in [3.8, 4) is 0 Å². The third-order valence-corrected chi connectivity index (χ3v) is 5.63. The first kappa shape index (κ1) is 12.0. The third-order valence-electron chi connectivity index (χ3n) is 5.63. The van der Waals surface area contributed by atoms with E-state index in [0.29, 0.717) is 0 Å². The first-order chi connectivity index (χ1) is 8.43. The Morgan fingerprint density at radius 1 is 0.471 bits per heavy atom. The van der Waals surface area contributed by atoms with Gasteiger partial charge in [-0.25, -0.2) is 0 Å². The van der Waals surface area contributed by atoms with E-state index in [1.54, 1.807) is 0 Å². The van der Waals surface area contributed by atoms with E-state index < -0.39 is 0 Å². The van der Waals surface area contributed by atoms with Gasteiger partial charge in [-0.1, -0.05) is 6.42 Å². The molecule has 2 heteroatoms. The first-order valence-electron chi connectivity index (χ1n) is 8.12. The fourth-order valence-corrected chi connectivity index (χ4v) is 4.55. The van der Waals surface area contributed by atoms with Crippen LogP contribution in [0.2, 0.25) is 0 Å². The molecule has 3 rings (SSSR count). The quantitative estimate of drug-likeness (QED) is 0.672. The van der Waals surface area contributed by atoms with Crippen LogP contribution in [-0.2, 0) is 0 Å². The molecule has 0 bridgehead atoms. The van der Waals surface area contributed by atoms with Crippen molar-refractivity contribution in [1.82, 2.24) is 0 Å². The van der Waals surface area contributed by atoms with Crippen LogP contribution in [0.1, 0.15) is 57.8 Å². The second-order valence-corrected chi connectivity index (χ2v) is 6.63. The standard InChI is InChI=1S/C15H28N2/c1-2-6-14(7-3-1)17-12-8-15(9-13-17)16-10-4-5-11-16/h14-15H,1-13H2/p+2. The molecule has 98 valence electrons. The minimum absolute atomic E-state index is 1.03. The normalized spacial score (nSPS) is 37.4. The van der Waals surface area contributed by atoms with E-state index in [1.807, 2.05) is 9.80 Å². The fourth-order valence-electron chi connectivity index (χ4n) is 4.55. The zero-order valence-electron chi connectivity index (χ0n) is 11.3. The van der Waals surface area contributed by atoms with Crippen LogP contribution in [0.15, 0.2) is 0 Å². The molecule has 0 aromatic heterocycles. The molecule has 2 aliphatic heterocycles. The van der Waals surface area contributed by atoms with E-state index in [1.165, 1.54) is 84.0 Å². The van der Waals surface area contributed by atoms with Crippen molar-refractivity contribution in [2.75, 3.05) is 26.2 Å². The highest BCUT2D eigenvalue weighted by Gasteiger charge is 2.34. The molecule has 2 heterocycles. The van der Waals surface area contributed by atoms with Gasteiger partial charge in [0, 0.05) is 25.7 Å². The molecule has 0 aromatic carbocycles. The minimum atomic E-state index is 1.03. The van der Waals surface area contributed by atoms with Crippen LogP contribution in [-0.4, -0.2) is 38.3 Å². The van der Waals surface area contributed by atoms with Gasteiger partial charge in [0.15, 0.2) is 0 Å².